The maximum absolute atomic E-state index is 4.40. The largest absolute Gasteiger partial charge is 0.352 e. The minimum atomic E-state index is 0. The van der Waals surface area contributed by atoms with Gasteiger partial charge in [-0.05, 0) is 29.7 Å². The standard InChI is InChI=1S/C20H24N6.HI/c1-15-7-4-5-9-18(15)13-26(3)20(21-2)22-12-16-8-6-10-17(11-16)19-23-14-24-25-19;/h4-11,14H,12-13H2,1-3H3,(H,21,22)(H,23,24,25);1H. The second-order valence-electron chi connectivity index (χ2n) is 6.22. The molecule has 1 heterocycles. The summed E-state index contributed by atoms with van der Waals surface area (Å²) >= 11 is 0. The third kappa shape index (κ3) is 5.53. The number of hydrogen-bond donors (Lipinski definition) is 2. The molecule has 0 amide bonds. The summed E-state index contributed by atoms with van der Waals surface area (Å²) in [5, 5.41) is 10.2. The van der Waals surface area contributed by atoms with Crippen molar-refractivity contribution in [3.8, 4) is 11.4 Å². The van der Waals surface area contributed by atoms with Gasteiger partial charge in [-0.1, -0.05) is 42.5 Å². The number of halogens is 1. The summed E-state index contributed by atoms with van der Waals surface area (Å²) in [6, 6.07) is 16.6. The van der Waals surface area contributed by atoms with Gasteiger partial charge in [0.05, 0.1) is 0 Å². The molecule has 0 radical (unpaired) electrons. The second kappa shape index (κ2) is 10.1. The van der Waals surface area contributed by atoms with Crippen LogP contribution in [0.4, 0.5) is 0 Å². The minimum Gasteiger partial charge on any atom is -0.352 e. The summed E-state index contributed by atoms with van der Waals surface area (Å²) in [6.45, 7) is 3.63. The van der Waals surface area contributed by atoms with Crippen LogP contribution in [0, 0.1) is 6.92 Å². The lowest BCUT2D eigenvalue weighted by Crippen LogP contribution is -2.38. The molecule has 2 aromatic carbocycles. The zero-order chi connectivity index (χ0) is 18.4. The van der Waals surface area contributed by atoms with Gasteiger partial charge in [-0.2, -0.15) is 5.10 Å². The van der Waals surface area contributed by atoms with Gasteiger partial charge in [0.25, 0.3) is 0 Å². The van der Waals surface area contributed by atoms with Gasteiger partial charge in [0.2, 0.25) is 0 Å². The molecule has 1 aromatic heterocycles. The van der Waals surface area contributed by atoms with Crippen molar-refractivity contribution in [2.75, 3.05) is 14.1 Å². The first-order valence-electron chi connectivity index (χ1n) is 8.58. The number of aryl methyl sites for hydroxylation is 1. The molecule has 0 fully saturated rings. The van der Waals surface area contributed by atoms with E-state index in [1.54, 1.807) is 0 Å². The first kappa shape index (κ1) is 20.9. The number of nitrogens with zero attached hydrogens (tertiary/aromatic N) is 4. The SMILES string of the molecule is CN=C(NCc1cccc(-c2ncn[nH]2)c1)N(C)Cc1ccccc1C.I. The second-order valence-corrected chi connectivity index (χ2v) is 6.22. The molecular formula is C20H25IN6. The normalized spacial score (nSPS) is 11.0. The molecule has 0 aliphatic rings. The molecule has 0 unspecified atom stereocenters. The molecule has 142 valence electrons. The Morgan fingerprint density at radius 1 is 1.19 bits per heavy atom. The summed E-state index contributed by atoms with van der Waals surface area (Å²) in [7, 11) is 3.86. The molecule has 0 aliphatic carbocycles. The Hall–Kier alpha value is -2.42. The zero-order valence-electron chi connectivity index (χ0n) is 15.8. The Balaban J connectivity index is 0.00000261. The van der Waals surface area contributed by atoms with Crippen LogP contribution in [-0.4, -0.2) is 40.1 Å². The Labute approximate surface area is 177 Å². The number of nitrogens with one attached hydrogen (secondary N) is 2. The average molecular weight is 476 g/mol. The third-order valence-corrected chi connectivity index (χ3v) is 4.31. The Kier molecular flexibility index (Phi) is 7.78. The highest BCUT2D eigenvalue weighted by Crippen LogP contribution is 2.15. The van der Waals surface area contributed by atoms with E-state index in [1.165, 1.54) is 17.5 Å². The van der Waals surface area contributed by atoms with Crippen molar-refractivity contribution in [2.45, 2.75) is 20.0 Å². The van der Waals surface area contributed by atoms with Crippen LogP contribution in [0.2, 0.25) is 0 Å². The van der Waals surface area contributed by atoms with Gasteiger partial charge >= 0.3 is 0 Å². The van der Waals surface area contributed by atoms with Crippen LogP contribution < -0.4 is 5.32 Å². The number of hydrogen-bond acceptors (Lipinski definition) is 3. The lowest BCUT2D eigenvalue weighted by atomic mass is 10.1. The van der Waals surface area contributed by atoms with Crippen LogP contribution in [0.25, 0.3) is 11.4 Å². The van der Waals surface area contributed by atoms with E-state index in [0.29, 0.717) is 6.54 Å². The molecule has 6 nitrogen and oxygen atoms in total. The van der Waals surface area contributed by atoms with Gasteiger partial charge < -0.3 is 10.2 Å². The topological polar surface area (TPSA) is 69.2 Å². The van der Waals surface area contributed by atoms with E-state index in [-0.39, 0.29) is 24.0 Å². The van der Waals surface area contributed by atoms with E-state index in [9.17, 15) is 0 Å². The van der Waals surface area contributed by atoms with Gasteiger partial charge in [-0.15, -0.1) is 24.0 Å². The van der Waals surface area contributed by atoms with Gasteiger partial charge in [0.15, 0.2) is 11.8 Å². The highest BCUT2D eigenvalue weighted by atomic mass is 127. The molecule has 7 heteroatoms. The van der Waals surface area contributed by atoms with Gasteiger partial charge in [0.1, 0.15) is 6.33 Å². The van der Waals surface area contributed by atoms with Crippen molar-refractivity contribution in [1.82, 2.24) is 25.4 Å². The Morgan fingerprint density at radius 2 is 2.00 bits per heavy atom. The fourth-order valence-electron chi connectivity index (χ4n) is 2.86. The lowest BCUT2D eigenvalue weighted by Gasteiger charge is -2.23. The monoisotopic (exact) mass is 476 g/mol. The number of benzene rings is 2. The van der Waals surface area contributed by atoms with Crippen LogP contribution >= 0.6 is 24.0 Å². The highest BCUT2D eigenvalue weighted by molar-refractivity contribution is 14.0. The molecule has 3 aromatic rings. The zero-order valence-corrected chi connectivity index (χ0v) is 18.1. The number of H-pyrrole nitrogens is 1. The molecule has 0 spiro atoms. The van der Waals surface area contributed by atoms with Gasteiger partial charge in [0, 0.05) is 32.7 Å². The van der Waals surface area contributed by atoms with Crippen LogP contribution in [0.3, 0.4) is 0 Å². The first-order valence-corrected chi connectivity index (χ1v) is 8.58. The minimum absolute atomic E-state index is 0. The van der Waals surface area contributed by atoms with Crippen LogP contribution in [0.5, 0.6) is 0 Å². The fraction of sp³-hybridized carbons (Fsp3) is 0.250. The third-order valence-electron chi connectivity index (χ3n) is 4.31. The smallest absolute Gasteiger partial charge is 0.193 e. The molecule has 0 bridgehead atoms. The van der Waals surface area contributed by atoms with E-state index < -0.39 is 0 Å². The molecule has 0 atom stereocenters. The predicted octanol–water partition coefficient (Wildman–Crippen LogP) is 3.61. The number of aliphatic imine (C=N–C) groups is 1. The van der Waals surface area contributed by atoms with Gasteiger partial charge in [-0.25, -0.2) is 4.98 Å². The van der Waals surface area contributed by atoms with Crippen molar-refractivity contribution in [3.63, 3.8) is 0 Å². The molecule has 0 saturated heterocycles. The molecule has 2 N–H and O–H groups in total. The Bertz CT molecular complexity index is 876. The lowest BCUT2D eigenvalue weighted by molar-refractivity contribution is 0.475. The van der Waals surface area contributed by atoms with Crippen molar-refractivity contribution < 1.29 is 0 Å². The molecular weight excluding hydrogens is 451 g/mol. The highest BCUT2D eigenvalue weighted by Gasteiger charge is 2.08. The van der Waals surface area contributed by atoms with Crippen molar-refractivity contribution in [2.24, 2.45) is 4.99 Å². The number of aromatic amines is 1. The molecule has 0 aliphatic heterocycles. The summed E-state index contributed by atoms with van der Waals surface area (Å²) < 4.78 is 0. The van der Waals surface area contributed by atoms with Gasteiger partial charge in [-0.3, -0.25) is 10.1 Å². The summed E-state index contributed by atoms with van der Waals surface area (Å²) in [6.07, 6.45) is 1.52. The predicted molar refractivity (Wildman–Crippen MR) is 120 cm³/mol. The number of aromatic nitrogens is 3. The summed E-state index contributed by atoms with van der Waals surface area (Å²) in [4.78, 5) is 10.7. The van der Waals surface area contributed by atoms with Crippen LogP contribution in [-0.2, 0) is 13.1 Å². The fourth-order valence-corrected chi connectivity index (χ4v) is 2.86. The van der Waals surface area contributed by atoms with E-state index in [2.05, 4.69) is 73.7 Å². The van der Waals surface area contributed by atoms with E-state index >= 15 is 0 Å². The maximum Gasteiger partial charge on any atom is 0.193 e. The van der Waals surface area contributed by atoms with Crippen molar-refractivity contribution in [3.05, 3.63) is 71.5 Å². The van der Waals surface area contributed by atoms with Crippen LogP contribution in [0.15, 0.2) is 59.9 Å². The number of guanidine groups is 1. The van der Waals surface area contributed by atoms with Crippen molar-refractivity contribution in [1.29, 1.82) is 0 Å². The molecule has 27 heavy (non-hydrogen) atoms. The van der Waals surface area contributed by atoms with E-state index in [4.69, 9.17) is 0 Å². The van der Waals surface area contributed by atoms with Crippen LogP contribution in [0.1, 0.15) is 16.7 Å². The summed E-state index contributed by atoms with van der Waals surface area (Å²) in [5.74, 6) is 1.63. The Morgan fingerprint density at radius 3 is 2.70 bits per heavy atom. The number of rotatable bonds is 5. The maximum atomic E-state index is 4.40. The average Bonchev–Trinajstić information content (AvgIpc) is 3.19. The summed E-state index contributed by atoms with van der Waals surface area (Å²) in [5.41, 5.74) is 4.76. The molecule has 3 rings (SSSR count). The molecule has 0 saturated carbocycles. The quantitative estimate of drug-likeness (QED) is 0.336. The van der Waals surface area contributed by atoms with E-state index in [1.807, 2.05) is 26.2 Å². The first-order chi connectivity index (χ1) is 12.7. The van der Waals surface area contributed by atoms with E-state index in [0.717, 1.165) is 29.5 Å². The van der Waals surface area contributed by atoms with Crippen molar-refractivity contribution >= 4 is 29.9 Å².